The fourth-order valence-electron chi connectivity index (χ4n) is 6.44. The first-order valence-electron chi connectivity index (χ1n) is 12.5. The van der Waals surface area contributed by atoms with Crippen molar-refractivity contribution in [3.63, 3.8) is 0 Å². The smallest absolute Gasteiger partial charge is 0.303 e. The Hall–Kier alpha value is -3.65. The number of unbranched alkanes of at least 4 members (excludes halogenated alkanes) is 1. The molecule has 0 amide bonds. The van der Waals surface area contributed by atoms with E-state index in [1.807, 2.05) is 0 Å². The average molecular weight is 443 g/mol. The topological polar surface area (TPSA) is 37.3 Å². The second kappa shape index (κ2) is 7.17. The molecule has 0 fully saturated rings. The maximum absolute atomic E-state index is 11.2. The van der Waals surface area contributed by atoms with E-state index in [9.17, 15) is 9.90 Å². The van der Waals surface area contributed by atoms with Crippen LogP contribution in [0.15, 0.2) is 60.7 Å². The van der Waals surface area contributed by atoms with Crippen molar-refractivity contribution in [1.82, 2.24) is 0 Å². The largest absolute Gasteiger partial charge is 0.481 e. The van der Waals surface area contributed by atoms with E-state index in [0.29, 0.717) is 6.42 Å². The third-order valence-corrected chi connectivity index (χ3v) is 7.93. The molecule has 0 aromatic heterocycles. The van der Waals surface area contributed by atoms with Crippen LogP contribution in [0, 0.1) is 0 Å². The van der Waals surface area contributed by atoms with Crippen LogP contribution in [0.2, 0.25) is 0 Å². The van der Waals surface area contributed by atoms with Gasteiger partial charge in [0.25, 0.3) is 0 Å². The molecule has 2 nitrogen and oxygen atoms in total. The summed E-state index contributed by atoms with van der Waals surface area (Å²) in [5, 5.41) is 25.4. The molecule has 166 valence electrons. The Kier molecular flexibility index (Phi) is 4.17. The van der Waals surface area contributed by atoms with E-state index in [0.717, 1.165) is 12.8 Å². The van der Waals surface area contributed by atoms with Gasteiger partial charge in [-0.15, -0.1) is 0 Å². The maximum atomic E-state index is 11.2. The Balaban J connectivity index is 1.67. The Morgan fingerprint density at radius 1 is 0.618 bits per heavy atom. The molecule has 0 aliphatic carbocycles. The van der Waals surface area contributed by atoms with Gasteiger partial charge >= 0.3 is 5.97 Å². The van der Waals surface area contributed by atoms with Crippen LogP contribution in [-0.4, -0.2) is 11.1 Å². The Labute approximate surface area is 197 Å². The molecule has 0 unspecified atom stereocenters. The summed E-state index contributed by atoms with van der Waals surface area (Å²) in [6.07, 6.45) is 5.17. The average Bonchev–Trinajstić information content (AvgIpc) is 2.85. The van der Waals surface area contributed by atoms with Crippen molar-refractivity contribution in [1.29, 1.82) is 0 Å². The minimum absolute atomic E-state index is 0.207. The third-order valence-electron chi connectivity index (χ3n) is 7.93. The fourth-order valence-corrected chi connectivity index (χ4v) is 6.44. The number of carbonyl (C=O) groups is 1. The highest BCUT2D eigenvalue weighted by Crippen LogP contribution is 2.49. The molecule has 0 spiro atoms. The molecule has 7 rings (SSSR count). The number of carboxylic acids is 1. The van der Waals surface area contributed by atoms with Gasteiger partial charge in [-0.3, -0.25) is 4.79 Å². The molecule has 1 N–H and O–H groups in total. The zero-order chi connectivity index (χ0) is 23.0. The van der Waals surface area contributed by atoms with E-state index in [1.165, 1.54) is 88.6 Å². The van der Waals surface area contributed by atoms with Crippen molar-refractivity contribution in [2.24, 2.45) is 0 Å². The van der Waals surface area contributed by atoms with Crippen molar-refractivity contribution < 1.29 is 9.90 Å². The zero-order valence-electron chi connectivity index (χ0n) is 19.4. The van der Waals surface area contributed by atoms with Crippen molar-refractivity contribution in [2.75, 3.05) is 0 Å². The lowest BCUT2D eigenvalue weighted by atomic mass is 9.80. The van der Waals surface area contributed by atoms with Crippen LogP contribution < -0.4 is 0 Å². The number of carboxylic acid groups (broad SMARTS) is 1. The van der Waals surface area contributed by atoms with Gasteiger partial charge in [-0.25, -0.2) is 0 Å². The Morgan fingerprint density at radius 2 is 1.06 bits per heavy atom. The molecule has 0 atom stereocenters. The normalized spacial score (nSPS) is 12.6. The molecule has 0 aliphatic heterocycles. The van der Waals surface area contributed by atoms with Gasteiger partial charge in [-0.1, -0.05) is 74.0 Å². The second-order valence-corrected chi connectivity index (χ2v) is 9.92. The van der Waals surface area contributed by atoms with E-state index in [1.54, 1.807) is 0 Å². The molecule has 7 aromatic rings. The number of hydrogen-bond donors (Lipinski definition) is 1. The van der Waals surface area contributed by atoms with Gasteiger partial charge in [0.2, 0.25) is 0 Å². The van der Waals surface area contributed by atoms with Crippen LogP contribution in [0.1, 0.15) is 43.7 Å². The van der Waals surface area contributed by atoms with Gasteiger partial charge in [0.05, 0.1) is 0 Å². The molecular weight excluding hydrogens is 416 g/mol. The molecule has 0 aliphatic rings. The predicted molar refractivity (Wildman–Crippen MR) is 144 cm³/mol. The monoisotopic (exact) mass is 442 g/mol. The van der Waals surface area contributed by atoms with E-state index in [2.05, 4.69) is 67.6 Å². The second-order valence-electron chi connectivity index (χ2n) is 9.92. The summed E-state index contributed by atoms with van der Waals surface area (Å²) in [6.45, 7) is 2.26. The lowest BCUT2D eigenvalue weighted by Gasteiger charge is -2.23. The fraction of sp³-hybridized carbons (Fsp3) is 0.219. The summed E-state index contributed by atoms with van der Waals surface area (Å²) in [5.41, 5.74) is 2.72. The SMILES string of the molecule is CCCCc1cc2ccc3cc(CCCC(=O)O)c4ccc5ccc6ccc1c1c6c5c4c3c21. The molecule has 0 saturated heterocycles. The van der Waals surface area contributed by atoms with E-state index >= 15 is 0 Å². The molecule has 34 heavy (non-hydrogen) atoms. The summed E-state index contributed by atoms with van der Waals surface area (Å²) >= 11 is 0. The van der Waals surface area contributed by atoms with Crippen molar-refractivity contribution in [3.05, 3.63) is 71.8 Å². The lowest BCUT2D eigenvalue weighted by Crippen LogP contribution is -1.99. The zero-order valence-corrected chi connectivity index (χ0v) is 19.4. The standard InChI is InChI=1S/C32H26O2/c1-2-3-5-20-16-22-10-11-23-17-21(6-4-7-26(33)34)25-15-13-19-9-8-18-12-14-24(20)31-27(18)28(19)32(25)30(23)29(22)31/h8-17H,2-7H2,1H3,(H,33,34). The van der Waals surface area contributed by atoms with Gasteiger partial charge in [0, 0.05) is 6.42 Å². The number of benzene rings is 7. The molecule has 0 saturated carbocycles. The molecule has 2 heteroatoms. The van der Waals surface area contributed by atoms with Crippen molar-refractivity contribution in [2.45, 2.75) is 45.4 Å². The summed E-state index contributed by atoms with van der Waals surface area (Å²) < 4.78 is 0. The summed E-state index contributed by atoms with van der Waals surface area (Å²) in [6, 6.07) is 23.0. The molecule has 0 radical (unpaired) electrons. The summed E-state index contributed by atoms with van der Waals surface area (Å²) in [5.74, 6) is -0.723. The van der Waals surface area contributed by atoms with Crippen LogP contribution in [-0.2, 0) is 17.6 Å². The third kappa shape index (κ3) is 2.60. The Morgan fingerprint density at radius 3 is 1.56 bits per heavy atom. The highest BCUT2D eigenvalue weighted by Gasteiger charge is 2.22. The van der Waals surface area contributed by atoms with Crippen LogP contribution in [0.3, 0.4) is 0 Å². The minimum Gasteiger partial charge on any atom is -0.481 e. The summed E-state index contributed by atoms with van der Waals surface area (Å²) in [7, 11) is 0. The molecule has 0 bridgehead atoms. The van der Waals surface area contributed by atoms with Crippen LogP contribution in [0.25, 0.3) is 64.6 Å². The summed E-state index contributed by atoms with van der Waals surface area (Å²) in [4.78, 5) is 11.2. The number of aryl methyl sites for hydroxylation is 2. The molecular formula is C32H26O2. The first-order valence-corrected chi connectivity index (χ1v) is 12.5. The van der Waals surface area contributed by atoms with E-state index < -0.39 is 5.97 Å². The first kappa shape index (κ1) is 19.8. The predicted octanol–water partition coefficient (Wildman–Crippen LogP) is 8.67. The van der Waals surface area contributed by atoms with Gasteiger partial charge in [0.15, 0.2) is 0 Å². The highest BCUT2D eigenvalue weighted by atomic mass is 16.4. The van der Waals surface area contributed by atoms with Gasteiger partial charge in [-0.05, 0) is 101 Å². The van der Waals surface area contributed by atoms with Gasteiger partial charge in [0.1, 0.15) is 0 Å². The van der Waals surface area contributed by atoms with E-state index in [4.69, 9.17) is 0 Å². The lowest BCUT2D eigenvalue weighted by molar-refractivity contribution is -0.137. The molecule has 0 heterocycles. The molecule has 7 aromatic carbocycles. The quantitative estimate of drug-likeness (QED) is 0.198. The number of aliphatic carboxylic acids is 1. The van der Waals surface area contributed by atoms with Crippen LogP contribution in [0.5, 0.6) is 0 Å². The highest BCUT2D eigenvalue weighted by molar-refractivity contribution is 6.45. The maximum Gasteiger partial charge on any atom is 0.303 e. The van der Waals surface area contributed by atoms with E-state index in [-0.39, 0.29) is 6.42 Å². The Bertz CT molecular complexity index is 1820. The van der Waals surface area contributed by atoms with Gasteiger partial charge < -0.3 is 5.11 Å². The number of hydrogen-bond acceptors (Lipinski definition) is 1. The minimum atomic E-state index is -0.723. The van der Waals surface area contributed by atoms with Crippen molar-refractivity contribution >= 4 is 70.6 Å². The van der Waals surface area contributed by atoms with Gasteiger partial charge in [-0.2, -0.15) is 0 Å². The van der Waals surface area contributed by atoms with Crippen molar-refractivity contribution in [3.8, 4) is 0 Å². The van der Waals surface area contributed by atoms with Crippen LogP contribution >= 0.6 is 0 Å². The first-order chi connectivity index (χ1) is 16.7. The number of rotatable bonds is 7. The van der Waals surface area contributed by atoms with Crippen LogP contribution in [0.4, 0.5) is 0 Å².